The zero-order valence-corrected chi connectivity index (χ0v) is 28.8. The molecule has 2 rings (SSSR count). The topological polar surface area (TPSA) is 126 Å². The molecule has 0 aromatic rings. The summed E-state index contributed by atoms with van der Waals surface area (Å²) in [5.41, 5.74) is -0.548. The van der Waals surface area contributed by atoms with Crippen molar-refractivity contribution in [3.8, 4) is 0 Å². The molecule has 256 valence electrons. The van der Waals surface area contributed by atoms with E-state index in [2.05, 4.69) is 29.8 Å². The Labute approximate surface area is 267 Å². The number of amides is 3. The second kappa shape index (κ2) is 19.6. The Kier molecular flexibility index (Phi) is 17.1. The molecule has 0 radical (unpaired) electrons. The van der Waals surface area contributed by atoms with E-state index in [0.717, 1.165) is 57.8 Å². The van der Waals surface area contributed by atoms with Gasteiger partial charge in [0.1, 0.15) is 6.10 Å². The Morgan fingerprint density at radius 2 is 1.41 bits per heavy atom. The van der Waals surface area contributed by atoms with Crippen molar-refractivity contribution in [2.75, 3.05) is 13.2 Å². The third kappa shape index (κ3) is 13.6. The molecule has 0 aromatic heterocycles. The quantitative estimate of drug-likeness (QED) is 0.105. The Morgan fingerprint density at radius 1 is 0.841 bits per heavy atom. The molecule has 0 spiro atoms. The number of carboxylic acid groups (broad SMARTS) is 1. The van der Waals surface area contributed by atoms with E-state index in [0.29, 0.717) is 13.0 Å². The number of aliphatic carboxylic acids is 1. The van der Waals surface area contributed by atoms with Crippen molar-refractivity contribution >= 4 is 17.9 Å². The van der Waals surface area contributed by atoms with Crippen LogP contribution in [0.4, 0.5) is 4.79 Å². The lowest BCUT2D eigenvalue weighted by atomic mass is 9.76. The first-order valence-corrected chi connectivity index (χ1v) is 17.8. The number of unbranched alkanes of at least 4 members (excludes halogenated alkanes) is 9. The van der Waals surface area contributed by atoms with Crippen LogP contribution >= 0.6 is 0 Å². The van der Waals surface area contributed by atoms with Crippen LogP contribution in [0.3, 0.4) is 0 Å². The maximum absolute atomic E-state index is 13.3. The lowest BCUT2D eigenvalue weighted by Gasteiger charge is -2.45. The summed E-state index contributed by atoms with van der Waals surface area (Å²) in [6.45, 7) is 12.2. The third-order valence-corrected chi connectivity index (χ3v) is 9.50. The van der Waals surface area contributed by atoms with Crippen LogP contribution in [0.15, 0.2) is 0 Å². The molecule has 1 aliphatic heterocycles. The summed E-state index contributed by atoms with van der Waals surface area (Å²) in [5.74, 6) is -3.25. The van der Waals surface area contributed by atoms with Gasteiger partial charge in [-0.15, -0.1) is 0 Å². The molecule has 2 aliphatic rings. The largest absolute Gasteiger partial charge is 0.481 e. The van der Waals surface area contributed by atoms with Gasteiger partial charge >= 0.3 is 12.0 Å². The molecule has 0 bridgehead atoms. The van der Waals surface area contributed by atoms with Crippen molar-refractivity contribution in [3.63, 3.8) is 0 Å². The van der Waals surface area contributed by atoms with Crippen molar-refractivity contribution in [1.29, 1.82) is 0 Å². The highest BCUT2D eigenvalue weighted by atomic mass is 16.7. The molecule has 0 aromatic carbocycles. The number of hydrogen-bond donors (Lipinski definition) is 4. The van der Waals surface area contributed by atoms with E-state index in [1.807, 2.05) is 13.8 Å². The van der Waals surface area contributed by atoms with Gasteiger partial charge in [-0.1, -0.05) is 111 Å². The molecule has 1 aliphatic carbocycles. The summed E-state index contributed by atoms with van der Waals surface area (Å²) in [6, 6.07) is -0.322. The molecular weight excluding hydrogens is 558 g/mol. The highest BCUT2D eigenvalue weighted by Crippen LogP contribution is 2.35. The number of carbonyl (C=O) groups is 3. The fraction of sp³-hybridized carbons (Fsp3) is 0.914. The van der Waals surface area contributed by atoms with Crippen molar-refractivity contribution in [2.24, 2.45) is 17.3 Å². The molecule has 44 heavy (non-hydrogen) atoms. The number of nitrogens with one attached hydrogen (secondary N) is 3. The smallest absolute Gasteiger partial charge is 0.315 e. The van der Waals surface area contributed by atoms with Crippen molar-refractivity contribution in [2.45, 2.75) is 175 Å². The second-order valence-electron chi connectivity index (χ2n) is 14.5. The minimum absolute atomic E-state index is 0.00601. The minimum atomic E-state index is -0.955. The van der Waals surface area contributed by atoms with Crippen molar-refractivity contribution in [3.05, 3.63) is 0 Å². The normalized spacial score (nSPS) is 24.2. The fourth-order valence-corrected chi connectivity index (χ4v) is 6.72. The number of carboxylic acids is 1. The standard InChI is InChI=1S/C35H65N3O6/c1-7-9-11-12-13-14-15-17-21-26(20-16-10-8-2)37-33(42)38-29-23-19-18-22-27(29)28(32(40)41)24-36-31(39)30-34(3,4)25-43-35(5,6)44-30/h26-30H,7-25H2,1-6H3,(H,36,39)(H,40,41)(H2,37,38,42). The summed E-state index contributed by atoms with van der Waals surface area (Å²) in [5, 5.41) is 19.5. The number of carbonyl (C=O) groups excluding carboxylic acids is 2. The summed E-state index contributed by atoms with van der Waals surface area (Å²) < 4.78 is 11.7. The van der Waals surface area contributed by atoms with Crippen LogP contribution in [0.25, 0.3) is 0 Å². The Hall–Kier alpha value is -1.87. The van der Waals surface area contributed by atoms with Crippen LogP contribution in [0.2, 0.25) is 0 Å². The summed E-state index contributed by atoms with van der Waals surface area (Å²) >= 11 is 0. The predicted octanol–water partition coefficient (Wildman–Crippen LogP) is 7.32. The zero-order chi connectivity index (χ0) is 32.6. The second-order valence-corrected chi connectivity index (χ2v) is 14.5. The van der Waals surface area contributed by atoms with Gasteiger partial charge < -0.3 is 30.5 Å². The predicted molar refractivity (Wildman–Crippen MR) is 175 cm³/mol. The van der Waals surface area contributed by atoms with Gasteiger partial charge in [0.15, 0.2) is 5.79 Å². The maximum Gasteiger partial charge on any atom is 0.315 e. The van der Waals surface area contributed by atoms with E-state index in [1.165, 1.54) is 44.9 Å². The van der Waals surface area contributed by atoms with Gasteiger partial charge in [-0.05, 0) is 45.4 Å². The summed E-state index contributed by atoms with van der Waals surface area (Å²) in [7, 11) is 0. The van der Waals surface area contributed by atoms with E-state index >= 15 is 0 Å². The van der Waals surface area contributed by atoms with Crippen LogP contribution in [-0.4, -0.2) is 60.1 Å². The van der Waals surface area contributed by atoms with E-state index in [9.17, 15) is 19.5 Å². The Balaban J connectivity index is 1.95. The van der Waals surface area contributed by atoms with Crippen molar-refractivity contribution in [1.82, 2.24) is 16.0 Å². The molecular formula is C35H65N3O6. The van der Waals surface area contributed by atoms with E-state index in [-0.39, 0.29) is 36.5 Å². The molecule has 9 nitrogen and oxygen atoms in total. The van der Waals surface area contributed by atoms with E-state index < -0.39 is 29.2 Å². The number of urea groups is 1. The maximum atomic E-state index is 13.3. The highest BCUT2D eigenvalue weighted by molar-refractivity contribution is 5.82. The average Bonchev–Trinajstić information content (AvgIpc) is 2.96. The molecule has 5 atom stereocenters. The monoisotopic (exact) mass is 623 g/mol. The first kappa shape index (κ1) is 38.3. The minimum Gasteiger partial charge on any atom is -0.481 e. The van der Waals surface area contributed by atoms with Gasteiger partial charge in [0.05, 0.1) is 12.5 Å². The lowest BCUT2D eigenvalue weighted by molar-refractivity contribution is -0.304. The van der Waals surface area contributed by atoms with Gasteiger partial charge in [-0.25, -0.2) is 4.79 Å². The lowest BCUT2D eigenvalue weighted by Crippen LogP contribution is -2.58. The summed E-state index contributed by atoms with van der Waals surface area (Å²) in [4.78, 5) is 39.0. The van der Waals surface area contributed by atoms with E-state index in [4.69, 9.17) is 9.47 Å². The van der Waals surface area contributed by atoms with Gasteiger partial charge in [-0.3, -0.25) is 9.59 Å². The van der Waals surface area contributed by atoms with Crippen molar-refractivity contribution < 1.29 is 29.0 Å². The molecule has 3 amide bonds. The van der Waals surface area contributed by atoms with Crippen LogP contribution in [0.1, 0.15) is 151 Å². The van der Waals surface area contributed by atoms with Crippen LogP contribution in [0.5, 0.6) is 0 Å². The third-order valence-electron chi connectivity index (χ3n) is 9.50. The zero-order valence-electron chi connectivity index (χ0n) is 28.8. The summed E-state index contributed by atoms with van der Waals surface area (Å²) in [6.07, 6.45) is 18.0. The van der Waals surface area contributed by atoms with Crippen LogP contribution < -0.4 is 16.0 Å². The molecule has 9 heteroatoms. The number of rotatable bonds is 20. The number of hydrogen-bond acceptors (Lipinski definition) is 5. The SMILES string of the molecule is CCCCCCCCCCC(CCCCC)NC(=O)NC1CCCCC1C(CNC(=O)C1OC(C)(C)OCC1(C)C)C(=O)O. The van der Waals surface area contributed by atoms with Gasteiger partial charge in [0.25, 0.3) is 0 Å². The fourth-order valence-electron chi connectivity index (χ4n) is 6.72. The van der Waals surface area contributed by atoms with Crippen LogP contribution in [0, 0.1) is 17.3 Å². The van der Waals surface area contributed by atoms with Crippen LogP contribution in [-0.2, 0) is 19.1 Å². The molecule has 1 heterocycles. The van der Waals surface area contributed by atoms with Gasteiger partial charge in [0, 0.05) is 24.0 Å². The highest BCUT2D eigenvalue weighted by Gasteiger charge is 2.46. The Bertz CT molecular complexity index is 863. The number of ether oxygens (including phenoxy) is 2. The molecule has 1 saturated carbocycles. The van der Waals surface area contributed by atoms with Gasteiger partial charge in [0.2, 0.25) is 5.91 Å². The Morgan fingerprint density at radius 3 is 2.05 bits per heavy atom. The van der Waals surface area contributed by atoms with Gasteiger partial charge in [-0.2, -0.15) is 0 Å². The molecule has 5 unspecified atom stereocenters. The first-order chi connectivity index (χ1) is 20.9. The molecule has 1 saturated heterocycles. The molecule has 4 N–H and O–H groups in total. The average molecular weight is 624 g/mol. The van der Waals surface area contributed by atoms with E-state index in [1.54, 1.807) is 13.8 Å². The molecule has 2 fully saturated rings. The first-order valence-electron chi connectivity index (χ1n) is 17.8.